The standard InChI is InChI=1S/C25H34IN3O10/c1-29(21(31)15-16-8-10-17(26)11-9-16)14-12-20(30)27-13-3-2-6-19(24(36)37)39-25(38)28-18(23(34)35)5-4-7-22(32)33/h8-11,18-19H,2-7,12-15H2,1H3,(H,27,30)(H,28,38)(H,32,33)(H,34,35)(H,36,37)/t18-,19-/m0/s1. The minimum absolute atomic E-state index is 0.000451. The molecule has 0 heterocycles. The van der Waals surface area contributed by atoms with Crippen LogP contribution >= 0.6 is 22.6 Å². The number of aliphatic carboxylic acids is 3. The summed E-state index contributed by atoms with van der Waals surface area (Å²) in [6.07, 6.45) is -2.24. The Balaban J connectivity index is 2.31. The summed E-state index contributed by atoms with van der Waals surface area (Å²) in [7, 11) is 1.62. The molecular weight excluding hydrogens is 629 g/mol. The van der Waals surface area contributed by atoms with E-state index in [1.165, 1.54) is 4.90 Å². The number of hydrogen-bond acceptors (Lipinski definition) is 7. The summed E-state index contributed by atoms with van der Waals surface area (Å²) < 4.78 is 5.90. The fraction of sp³-hybridized carbons (Fsp3) is 0.520. The first-order chi connectivity index (χ1) is 18.4. The summed E-state index contributed by atoms with van der Waals surface area (Å²) in [6.45, 7) is 0.495. The van der Waals surface area contributed by atoms with Crippen molar-refractivity contribution in [2.75, 3.05) is 20.1 Å². The zero-order valence-corrected chi connectivity index (χ0v) is 23.7. The molecule has 0 aromatic heterocycles. The quantitative estimate of drug-likeness (QED) is 0.114. The molecule has 0 aliphatic heterocycles. The maximum atomic E-state index is 12.3. The largest absolute Gasteiger partial charge is 0.481 e. The van der Waals surface area contributed by atoms with Crippen molar-refractivity contribution in [2.45, 2.75) is 63.5 Å². The molecule has 5 N–H and O–H groups in total. The number of carboxylic acid groups (broad SMARTS) is 3. The number of hydrogen-bond donors (Lipinski definition) is 5. The predicted molar refractivity (Wildman–Crippen MR) is 146 cm³/mol. The second kappa shape index (κ2) is 18.0. The maximum Gasteiger partial charge on any atom is 0.408 e. The summed E-state index contributed by atoms with van der Waals surface area (Å²) in [5.74, 6) is -4.30. The lowest BCUT2D eigenvalue weighted by atomic mass is 10.1. The van der Waals surface area contributed by atoms with Crippen molar-refractivity contribution in [3.8, 4) is 0 Å². The van der Waals surface area contributed by atoms with Crippen LogP contribution in [0.1, 0.15) is 50.5 Å². The highest BCUT2D eigenvalue weighted by Gasteiger charge is 2.26. The molecule has 3 amide bonds. The summed E-state index contributed by atoms with van der Waals surface area (Å²) in [4.78, 5) is 71.1. The topological polar surface area (TPSA) is 200 Å². The Morgan fingerprint density at radius 3 is 2.18 bits per heavy atom. The third kappa shape index (κ3) is 14.9. The number of halogens is 1. The highest BCUT2D eigenvalue weighted by Crippen LogP contribution is 2.09. The molecule has 0 aliphatic carbocycles. The molecule has 216 valence electrons. The van der Waals surface area contributed by atoms with Gasteiger partial charge in [0.1, 0.15) is 6.04 Å². The molecule has 0 fully saturated rings. The van der Waals surface area contributed by atoms with Crippen molar-refractivity contribution >= 4 is 58.4 Å². The van der Waals surface area contributed by atoms with Crippen LogP contribution in [0.2, 0.25) is 0 Å². The van der Waals surface area contributed by atoms with Crippen LogP contribution in [0.15, 0.2) is 24.3 Å². The lowest BCUT2D eigenvalue weighted by Gasteiger charge is -2.18. The molecule has 2 atom stereocenters. The van der Waals surface area contributed by atoms with Gasteiger partial charge in [0.05, 0.1) is 6.42 Å². The van der Waals surface area contributed by atoms with Crippen LogP contribution in [0.25, 0.3) is 0 Å². The summed E-state index contributed by atoms with van der Waals surface area (Å²) in [5, 5.41) is 31.8. The van der Waals surface area contributed by atoms with E-state index in [-0.39, 0.29) is 63.4 Å². The van der Waals surface area contributed by atoms with Gasteiger partial charge >= 0.3 is 24.0 Å². The lowest BCUT2D eigenvalue weighted by molar-refractivity contribution is -0.147. The summed E-state index contributed by atoms with van der Waals surface area (Å²) in [6, 6.07) is 6.17. The van der Waals surface area contributed by atoms with E-state index >= 15 is 0 Å². The number of carbonyl (C=O) groups excluding carboxylic acids is 3. The molecule has 0 bridgehead atoms. The minimum Gasteiger partial charge on any atom is -0.481 e. The molecule has 0 aliphatic rings. The van der Waals surface area contributed by atoms with Gasteiger partial charge in [-0.3, -0.25) is 14.4 Å². The monoisotopic (exact) mass is 663 g/mol. The van der Waals surface area contributed by atoms with E-state index in [1.54, 1.807) is 7.05 Å². The Labute approximate surface area is 239 Å². The van der Waals surface area contributed by atoms with Crippen molar-refractivity contribution in [2.24, 2.45) is 0 Å². The number of benzene rings is 1. The van der Waals surface area contributed by atoms with Gasteiger partial charge in [-0.25, -0.2) is 14.4 Å². The number of likely N-dealkylation sites (N-methyl/N-ethyl adjacent to an activating group) is 1. The number of amides is 3. The predicted octanol–water partition coefficient (Wildman–Crippen LogP) is 1.86. The second-order valence-corrected chi connectivity index (χ2v) is 10.0. The fourth-order valence-corrected chi connectivity index (χ4v) is 3.69. The van der Waals surface area contributed by atoms with Gasteiger partial charge in [0.2, 0.25) is 17.9 Å². The van der Waals surface area contributed by atoms with Gasteiger partial charge in [0.25, 0.3) is 0 Å². The number of ether oxygens (including phenoxy) is 1. The van der Waals surface area contributed by atoms with Crippen LogP contribution in [0, 0.1) is 3.57 Å². The van der Waals surface area contributed by atoms with Crippen LogP contribution in [-0.2, 0) is 35.1 Å². The molecule has 39 heavy (non-hydrogen) atoms. The second-order valence-electron chi connectivity index (χ2n) is 8.77. The van der Waals surface area contributed by atoms with Crippen molar-refractivity contribution in [3.63, 3.8) is 0 Å². The average Bonchev–Trinajstić information content (AvgIpc) is 2.86. The van der Waals surface area contributed by atoms with Crippen LogP contribution in [0.3, 0.4) is 0 Å². The zero-order chi connectivity index (χ0) is 29.4. The van der Waals surface area contributed by atoms with E-state index < -0.39 is 36.1 Å². The SMILES string of the molecule is CN(CCC(=O)NCCCC[C@H](OC(=O)N[C@@H](CCCC(=O)O)C(=O)O)C(=O)O)C(=O)Cc1ccc(I)cc1. The Hall–Kier alpha value is -3.43. The first kappa shape index (κ1) is 33.6. The van der Waals surface area contributed by atoms with Crippen molar-refractivity contribution in [1.29, 1.82) is 0 Å². The Morgan fingerprint density at radius 1 is 0.923 bits per heavy atom. The highest BCUT2D eigenvalue weighted by atomic mass is 127. The van der Waals surface area contributed by atoms with Gasteiger partial charge in [-0.05, 0) is 72.4 Å². The molecule has 0 spiro atoms. The zero-order valence-electron chi connectivity index (χ0n) is 21.6. The average molecular weight is 663 g/mol. The number of nitrogens with one attached hydrogen (secondary N) is 2. The Morgan fingerprint density at radius 2 is 1.59 bits per heavy atom. The summed E-state index contributed by atoms with van der Waals surface area (Å²) >= 11 is 2.18. The van der Waals surface area contributed by atoms with Gasteiger partial charge in [-0.2, -0.15) is 0 Å². The Kier molecular flexibility index (Phi) is 15.5. The number of rotatable bonds is 18. The van der Waals surface area contributed by atoms with Gasteiger partial charge in [-0.1, -0.05) is 12.1 Å². The molecule has 0 unspecified atom stereocenters. The van der Waals surface area contributed by atoms with E-state index in [1.807, 2.05) is 29.6 Å². The van der Waals surface area contributed by atoms with Crippen molar-refractivity contribution in [1.82, 2.24) is 15.5 Å². The molecule has 13 nitrogen and oxygen atoms in total. The molecule has 0 saturated carbocycles. The number of nitrogens with zero attached hydrogens (tertiary/aromatic N) is 1. The number of carboxylic acids is 3. The first-order valence-corrected chi connectivity index (χ1v) is 13.4. The molecule has 1 aromatic rings. The number of unbranched alkanes of at least 4 members (excludes halogenated alkanes) is 1. The van der Waals surface area contributed by atoms with Crippen LogP contribution < -0.4 is 10.6 Å². The van der Waals surface area contributed by atoms with Crippen molar-refractivity contribution < 1.29 is 48.8 Å². The molecule has 14 heteroatoms. The van der Waals surface area contributed by atoms with Gasteiger partial charge in [0.15, 0.2) is 0 Å². The smallest absolute Gasteiger partial charge is 0.408 e. The van der Waals surface area contributed by atoms with E-state index in [9.17, 15) is 33.9 Å². The van der Waals surface area contributed by atoms with Crippen molar-refractivity contribution in [3.05, 3.63) is 33.4 Å². The Bertz CT molecular complexity index is 1000. The molecule has 1 aromatic carbocycles. The van der Waals surface area contributed by atoms with E-state index in [2.05, 4.69) is 27.9 Å². The van der Waals surface area contributed by atoms with Crippen LogP contribution in [0.5, 0.6) is 0 Å². The molecule has 1 rings (SSSR count). The van der Waals surface area contributed by atoms with Gasteiger partial charge in [-0.15, -0.1) is 0 Å². The maximum absolute atomic E-state index is 12.3. The third-order valence-electron chi connectivity index (χ3n) is 5.58. The minimum atomic E-state index is -1.53. The van der Waals surface area contributed by atoms with E-state index in [0.29, 0.717) is 12.8 Å². The fourth-order valence-electron chi connectivity index (χ4n) is 3.33. The van der Waals surface area contributed by atoms with E-state index in [0.717, 1.165) is 9.13 Å². The molecular formula is C25H34IN3O10. The first-order valence-electron chi connectivity index (χ1n) is 12.3. The molecule has 0 radical (unpaired) electrons. The van der Waals surface area contributed by atoms with E-state index in [4.69, 9.17) is 14.9 Å². The van der Waals surface area contributed by atoms with Gasteiger partial charge < -0.3 is 35.6 Å². The van der Waals surface area contributed by atoms with Gasteiger partial charge in [0, 0.05) is 36.5 Å². The number of carbonyl (C=O) groups is 6. The normalized spacial score (nSPS) is 12.1. The summed E-state index contributed by atoms with van der Waals surface area (Å²) in [5.41, 5.74) is 0.885. The lowest BCUT2D eigenvalue weighted by Crippen LogP contribution is -2.43. The number of alkyl carbamates (subject to hydrolysis) is 1. The highest BCUT2D eigenvalue weighted by molar-refractivity contribution is 14.1. The van der Waals surface area contributed by atoms with Crippen LogP contribution in [-0.4, -0.2) is 88.3 Å². The van der Waals surface area contributed by atoms with Crippen LogP contribution in [0.4, 0.5) is 4.79 Å². The molecule has 0 saturated heterocycles. The third-order valence-corrected chi connectivity index (χ3v) is 6.30.